The van der Waals surface area contributed by atoms with Crippen LogP contribution in [-0.2, 0) is 0 Å². The van der Waals surface area contributed by atoms with Crippen molar-refractivity contribution < 1.29 is 17.9 Å². The lowest BCUT2D eigenvalue weighted by Gasteiger charge is -2.26. The molecule has 1 aliphatic carbocycles. The van der Waals surface area contributed by atoms with Gasteiger partial charge in [-0.3, -0.25) is 4.98 Å². The average molecular weight is 385 g/mol. The van der Waals surface area contributed by atoms with Gasteiger partial charge in [0.2, 0.25) is 0 Å². The molecule has 1 saturated carbocycles. The van der Waals surface area contributed by atoms with E-state index in [9.17, 15) is 18.4 Å². The van der Waals surface area contributed by atoms with Gasteiger partial charge in [-0.1, -0.05) is 19.3 Å². The maximum Gasteiger partial charge on any atom is 0.387 e. The van der Waals surface area contributed by atoms with Gasteiger partial charge in [0.25, 0.3) is 0 Å². The third kappa shape index (κ3) is 3.19. The van der Waals surface area contributed by atoms with Crippen LogP contribution in [0.25, 0.3) is 22.2 Å². The van der Waals surface area contributed by atoms with E-state index in [2.05, 4.69) is 15.8 Å². The van der Waals surface area contributed by atoms with Gasteiger partial charge >= 0.3 is 6.61 Å². The highest BCUT2D eigenvalue weighted by Crippen LogP contribution is 2.42. The Kier molecular flexibility index (Phi) is 4.95. The maximum atomic E-state index is 14.4. The third-order valence-corrected chi connectivity index (χ3v) is 5.26. The molecule has 0 saturated heterocycles. The van der Waals surface area contributed by atoms with E-state index in [1.807, 2.05) is 10.6 Å². The molecule has 144 valence electrons. The van der Waals surface area contributed by atoms with E-state index in [0.717, 1.165) is 43.7 Å². The molecule has 3 aromatic rings. The molecule has 2 heterocycles. The molecule has 1 aromatic carbocycles. The second-order valence-electron chi connectivity index (χ2n) is 6.92. The summed E-state index contributed by atoms with van der Waals surface area (Å²) in [6.07, 6.45) is 8.32. The Balaban J connectivity index is 2.03. The molecule has 7 heteroatoms. The fourth-order valence-electron chi connectivity index (χ4n) is 4.11. The first kappa shape index (κ1) is 18.4. The summed E-state index contributed by atoms with van der Waals surface area (Å²) in [7, 11) is 0. The van der Waals surface area contributed by atoms with Gasteiger partial charge in [0.05, 0.1) is 16.8 Å². The molecular formula is C21H18F3N3O. The predicted molar refractivity (Wildman–Crippen MR) is 98.6 cm³/mol. The Hall–Kier alpha value is -3.01. The first-order valence-corrected chi connectivity index (χ1v) is 9.23. The Morgan fingerprint density at radius 2 is 2.00 bits per heavy atom. The second-order valence-corrected chi connectivity index (χ2v) is 6.92. The van der Waals surface area contributed by atoms with Crippen LogP contribution in [0, 0.1) is 17.1 Å². The number of rotatable bonds is 4. The minimum absolute atomic E-state index is 0.0958. The summed E-state index contributed by atoms with van der Waals surface area (Å²) in [5.74, 6) is -1.43. The molecule has 4 nitrogen and oxygen atoms in total. The summed E-state index contributed by atoms with van der Waals surface area (Å²) in [5, 5.41) is 10.2. The number of nitrogens with zero attached hydrogens (tertiary/aromatic N) is 3. The number of hydrogen-bond acceptors (Lipinski definition) is 3. The highest BCUT2D eigenvalue weighted by atomic mass is 19.3. The molecule has 0 amide bonds. The zero-order valence-corrected chi connectivity index (χ0v) is 15.0. The van der Waals surface area contributed by atoms with E-state index in [0.29, 0.717) is 22.2 Å². The van der Waals surface area contributed by atoms with E-state index in [1.165, 1.54) is 6.07 Å². The Labute approximate surface area is 160 Å². The predicted octanol–water partition coefficient (Wildman–Crippen LogP) is 5.82. The first-order valence-electron chi connectivity index (χ1n) is 9.23. The van der Waals surface area contributed by atoms with Crippen molar-refractivity contribution in [3.63, 3.8) is 0 Å². The van der Waals surface area contributed by atoms with Crippen LogP contribution in [0.5, 0.6) is 5.75 Å². The molecule has 0 bridgehead atoms. The van der Waals surface area contributed by atoms with Crippen LogP contribution in [-0.4, -0.2) is 16.2 Å². The lowest BCUT2D eigenvalue weighted by Crippen LogP contribution is -2.14. The summed E-state index contributed by atoms with van der Waals surface area (Å²) in [6.45, 7) is -3.13. The number of ether oxygens (including phenoxy) is 1. The Bertz CT molecular complexity index is 1030. The normalized spacial score (nSPS) is 15.1. The number of hydrogen-bond donors (Lipinski definition) is 0. The van der Waals surface area contributed by atoms with Crippen LogP contribution in [0.2, 0.25) is 0 Å². The quantitative estimate of drug-likeness (QED) is 0.568. The number of halogens is 3. The molecule has 0 radical (unpaired) electrons. The van der Waals surface area contributed by atoms with Crippen molar-refractivity contribution in [3.05, 3.63) is 48.0 Å². The molecule has 0 aliphatic heterocycles. The minimum atomic E-state index is -3.13. The molecule has 4 rings (SSSR count). The van der Waals surface area contributed by atoms with Gasteiger partial charge < -0.3 is 9.30 Å². The smallest absolute Gasteiger partial charge is 0.387 e. The van der Waals surface area contributed by atoms with Crippen LogP contribution < -0.4 is 4.74 Å². The topological polar surface area (TPSA) is 50.8 Å². The van der Waals surface area contributed by atoms with Crippen molar-refractivity contribution in [2.75, 3.05) is 0 Å². The van der Waals surface area contributed by atoms with E-state index in [4.69, 9.17) is 0 Å². The number of alkyl halides is 2. The van der Waals surface area contributed by atoms with Crippen LogP contribution in [0.1, 0.15) is 43.7 Å². The van der Waals surface area contributed by atoms with Crippen LogP contribution in [0.15, 0.2) is 36.7 Å². The SMILES string of the molecule is N#Cc1c(-c2cccnc2)n(C2CCCCC2)c2cc(OC(F)F)c(F)cc12. The van der Waals surface area contributed by atoms with Crippen LogP contribution in [0.3, 0.4) is 0 Å². The molecule has 1 fully saturated rings. The standard InChI is InChI=1S/C21H18F3N3O/c22-17-9-15-16(11-25)20(13-5-4-8-26-12-13)27(14-6-2-1-3-7-14)18(15)10-19(17)28-21(23)24/h4-5,8-10,12,14,21H,1-3,6-7H2. The molecule has 0 atom stereocenters. The highest BCUT2D eigenvalue weighted by molar-refractivity contribution is 5.95. The van der Waals surface area contributed by atoms with Crippen molar-refractivity contribution in [2.24, 2.45) is 0 Å². The fourth-order valence-corrected chi connectivity index (χ4v) is 4.11. The fraction of sp³-hybridized carbons (Fsp3) is 0.333. The lowest BCUT2D eigenvalue weighted by atomic mass is 9.94. The van der Waals surface area contributed by atoms with E-state index in [1.54, 1.807) is 18.5 Å². The number of nitriles is 1. The van der Waals surface area contributed by atoms with Crippen molar-refractivity contribution >= 4 is 10.9 Å². The summed E-state index contributed by atoms with van der Waals surface area (Å²) >= 11 is 0. The van der Waals surface area contributed by atoms with Gasteiger partial charge in [0.1, 0.15) is 6.07 Å². The molecular weight excluding hydrogens is 367 g/mol. The van der Waals surface area contributed by atoms with Crippen LogP contribution in [0.4, 0.5) is 13.2 Å². The molecule has 0 N–H and O–H groups in total. The van der Waals surface area contributed by atoms with Gasteiger partial charge in [-0.15, -0.1) is 0 Å². The second kappa shape index (κ2) is 7.55. The van der Waals surface area contributed by atoms with Gasteiger partial charge in [-0.05, 0) is 31.0 Å². The lowest BCUT2D eigenvalue weighted by molar-refractivity contribution is -0.0520. The monoisotopic (exact) mass is 385 g/mol. The van der Waals surface area contributed by atoms with Gasteiger partial charge in [-0.25, -0.2) is 4.39 Å². The van der Waals surface area contributed by atoms with E-state index in [-0.39, 0.29) is 6.04 Å². The number of benzene rings is 1. The number of pyridine rings is 1. The molecule has 2 aromatic heterocycles. The molecule has 1 aliphatic rings. The number of aromatic nitrogens is 2. The summed E-state index contributed by atoms with van der Waals surface area (Å²) in [4.78, 5) is 4.15. The molecule has 28 heavy (non-hydrogen) atoms. The highest BCUT2D eigenvalue weighted by Gasteiger charge is 2.27. The number of fused-ring (bicyclic) bond motifs is 1. The summed E-state index contributed by atoms with van der Waals surface area (Å²) < 4.78 is 46.2. The van der Waals surface area contributed by atoms with E-state index >= 15 is 0 Å². The van der Waals surface area contributed by atoms with Crippen molar-refractivity contribution in [1.82, 2.24) is 9.55 Å². The zero-order valence-electron chi connectivity index (χ0n) is 15.0. The van der Waals surface area contributed by atoms with Gasteiger partial charge in [0, 0.05) is 35.5 Å². The summed E-state index contributed by atoms with van der Waals surface area (Å²) in [5.41, 5.74) is 2.22. The average Bonchev–Trinajstić information content (AvgIpc) is 3.02. The van der Waals surface area contributed by atoms with Crippen LogP contribution >= 0.6 is 0 Å². The minimum Gasteiger partial charge on any atom is -0.432 e. The summed E-state index contributed by atoms with van der Waals surface area (Å²) in [6, 6.07) is 8.29. The Morgan fingerprint density at radius 1 is 1.21 bits per heavy atom. The van der Waals surface area contributed by atoms with Gasteiger partial charge in [-0.2, -0.15) is 14.0 Å². The molecule has 0 spiro atoms. The zero-order chi connectivity index (χ0) is 19.7. The third-order valence-electron chi connectivity index (χ3n) is 5.26. The van der Waals surface area contributed by atoms with Crippen molar-refractivity contribution in [1.29, 1.82) is 5.26 Å². The largest absolute Gasteiger partial charge is 0.432 e. The van der Waals surface area contributed by atoms with E-state index < -0.39 is 18.2 Å². The van der Waals surface area contributed by atoms with Gasteiger partial charge in [0.15, 0.2) is 11.6 Å². The van der Waals surface area contributed by atoms with Crippen molar-refractivity contribution in [2.45, 2.75) is 44.8 Å². The molecule has 0 unspecified atom stereocenters. The maximum absolute atomic E-state index is 14.4. The first-order chi connectivity index (χ1) is 13.6. The van der Waals surface area contributed by atoms with Crippen molar-refractivity contribution in [3.8, 4) is 23.1 Å². The Morgan fingerprint density at radius 3 is 2.64 bits per heavy atom.